The number of Topliss-reactive ketones (excluding diaryl/α,β-unsaturated/α-hetero) is 1. The summed E-state index contributed by atoms with van der Waals surface area (Å²) in [6.45, 7) is 6.71. The Kier molecular flexibility index (Phi) is 6.86. The molecule has 2 aliphatic heterocycles. The first-order chi connectivity index (χ1) is 16.2. The molecule has 0 aromatic heterocycles. The van der Waals surface area contributed by atoms with E-state index < -0.39 is 12.1 Å². The predicted octanol–water partition coefficient (Wildman–Crippen LogP) is 2.39. The third-order valence-corrected chi connectivity index (χ3v) is 6.66. The number of carbonyl (C=O) groups is 3. The average Bonchev–Trinajstić information content (AvgIpc) is 3.41. The second-order valence-corrected chi connectivity index (χ2v) is 10.1. The van der Waals surface area contributed by atoms with Crippen molar-refractivity contribution in [2.45, 2.75) is 63.8 Å². The zero-order valence-electron chi connectivity index (χ0n) is 19.9. The van der Waals surface area contributed by atoms with Crippen LogP contribution in [0.5, 0.6) is 0 Å². The lowest BCUT2D eigenvalue weighted by molar-refractivity contribution is -0.138. The van der Waals surface area contributed by atoms with Gasteiger partial charge in [0.2, 0.25) is 5.91 Å². The molecular weight excluding hydrogens is 432 g/mol. The van der Waals surface area contributed by atoms with Gasteiger partial charge in [-0.25, -0.2) is 0 Å². The molecule has 2 fully saturated rings. The van der Waals surface area contributed by atoms with Gasteiger partial charge in [-0.3, -0.25) is 14.4 Å². The van der Waals surface area contributed by atoms with Crippen LogP contribution in [0.4, 0.5) is 0 Å². The van der Waals surface area contributed by atoms with Crippen molar-refractivity contribution in [3.8, 4) is 0 Å². The normalized spacial score (nSPS) is 20.8. The van der Waals surface area contributed by atoms with Crippen LogP contribution in [0.2, 0.25) is 0 Å². The maximum atomic E-state index is 13.6. The van der Waals surface area contributed by atoms with E-state index in [0.717, 1.165) is 16.7 Å². The molecule has 2 aliphatic rings. The average molecular weight is 465 g/mol. The Morgan fingerprint density at radius 1 is 1.09 bits per heavy atom. The minimum absolute atomic E-state index is 0.0267. The lowest BCUT2D eigenvalue weighted by atomic mass is 9.86. The number of ether oxygens (including phenoxy) is 1. The van der Waals surface area contributed by atoms with Gasteiger partial charge in [0.25, 0.3) is 5.91 Å². The summed E-state index contributed by atoms with van der Waals surface area (Å²) in [6, 6.07) is 13.3. The molecule has 7 nitrogen and oxygen atoms in total. The molecule has 180 valence electrons. The van der Waals surface area contributed by atoms with Gasteiger partial charge in [0, 0.05) is 18.5 Å². The van der Waals surface area contributed by atoms with E-state index in [9.17, 15) is 19.5 Å². The second-order valence-electron chi connectivity index (χ2n) is 10.1. The van der Waals surface area contributed by atoms with Gasteiger partial charge in [-0.2, -0.15) is 0 Å². The molecule has 2 aromatic rings. The summed E-state index contributed by atoms with van der Waals surface area (Å²) in [5.41, 5.74) is 3.18. The fraction of sp³-hybridized carbons (Fsp3) is 0.444. The van der Waals surface area contributed by atoms with Crippen molar-refractivity contribution in [3.05, 3.63) is 70.8 Å². The Balaban J connectivity index is 1.56. The Hall–Kier alpha value is -3.03. The summed E-state index contributed by atoms with van der Waals surface area (Å²) in [5.74, 6) is -0.709. The van der Waals surface area contributed by atoms with Gasteiger partial charge in [0.1, 0.15) is 18.7 Å². The van der Waals surface area contributed by atoms with Gasteiger partial charge in [-0.05, 0) is 40.7 Å². The molecule has 0 saturated carbocycles. The largest absolute Gasteiger partial charge is 0.392 e. The van der Waals surface area contributed by atoms with Gasteiger partial charge < -0.3 is 20.1 Å². The minimum atomic E-state index is -0.832. The number of hydrogen-bond acceptors (Lipinski definition) is 5. The summed E-state index contributed by atoms with van der Waals surface area (Å²) in [6.07, 6.45) is 0.628. The number of nitrogens with one attached hydrogen (secondary N) is 1. The predicted molar refractivity (Wildman–Crippen MR) is 127 cm³/mol. The summed E-state index contributed by atoms with van der Waals surface area (Å²) in [7, 11) is 0. The highest BCUT2D eigenvalue weighted by Crippen LogP contribution is 2.28. The van der Waals surface area contributed by atoms with Crippen molar-refractivity contribution in [2.75, 3.05) is 13.2 Å². The van der Waals surface area contributed by atoms with Gasteiger partial charge in [0.05, 0.1) is 12.7 Å². The third kappa shape index (κ3) is 5.05. The smallest absolute Gasteiger partial charge is 0.251 e. The molecule has 2 N–H and O–H groups in total. The number of rotatable bonds is 6. The van der Waals surface area contributed by atoms with Crippen LogP contribution in [0, 0.1) is 0 Å². The number of carbonyl (C=O) groups excluding carboxylic acids is 3. The molecule has 0 spiro atoms. The van der Waals surface area contributed by atoms with Crippen LogP contribution in [0.25, 0.3) is 0 Å². The SMILES string of the molecule is CC(C)(C)c1ccc(C(=O)NC(Cc2ccc(CO)cc2)C(=O)N2CCC3OCC(=O)C32)cc1. The Labute approximate surface area is 200 Å². The number of ketones is 1. The zero-order chi connectivity index (χ0) is 24.5. The van der Waals surface area contributed by atoms with E-state index in [-0.39, 0.29) is 48.8 Å². The fourth-order valence-electron chi connectivity index (χ4n) is 4.62. The zero-order valence-corrected chi connectivity index (χ0v) is 19.9. The van der Waals surface area contributed by atoms with E-state index in [0.29, 0.717) is 18.5 Å². The Bertz CT molecular complexity index is 1060. The molecular formula is C27H32N2O5. The first-order valence-electron chi connectivity index (χ1n) is 11.7. The maximum Gasteiger partial charge on any atom is 0.251 e. The molecule has 2 aromatic carbocycles. The Morgan fingerprint density at radius 2 is 1.74 bits per heavy atom. The number of amides is 2. The van der Waals surface area contributed by atoms with Crippen molar-refractivity contribution in [1.29, 1.82) is 0 Å². The Morgan fingerprint density at radius 3 is 2.35 bits per heavy atom. The highest BCUT2D eigenvalue weighted by Gasteiger charge is 2.48. The van der Waals surface area contributed by atoms with Crippen LogP contribution in [-0.4, -0.2) is 58.9 Å². The van der Waals surface area contributed by atoms with E-state index in [2.05, 4.69) is 26.1 Å². The van der Waals surface area contributed by atoms with Gasteiger partial charge in [-0.15, -0.1) is 0 Å². The number of hydrogen-bond donors (Lipinski definition) is 2. The van der Waals surface area contributed by atoms with Crippen LogP contribution in [-0.2, 0) is 32.8 Å². The van der Waals surface area contributed by atoms with Crippen LogP contribution in [0.3, 0.4) is 0 Å². The number of aliphatic hydroxyl groups excluding tert-OH is 1. The van der Waals surface area contributed by atoms with Crippen LogP contribution in [0.1, 0.15) is 54.2 Å². The molecule has 3 unspecified atom stereocenters. The first-order valence-corrected chi connectivity index (χ1v) is 11.7. The summed E-state index contributed by atoms with van der Waals surface area (Å²) in [5, 5.41) is 12.2. The monoisotopic (exact) mass is 464 g/mol. The van der Waals surface area contributed by atoms with E-state index in [1.165, 1.54) is 0 Å². The third-order valence-electron chi connectivity index (χ3n) is 6.66. The number of benzene rings is 2. The minimum Gasteiger partial charge on any atom is -0.392 e. The molecule has 2 heterocycles. The van der Waals surface area contributed by atoms with Crippen molar-refractivity contribution in [2.24, 2.45) is 0 Å². The molecule has 4 rings (SSSR count). The van der Waals surface area contributed by atoms with Crippen LogP contribution in [0.15, 0.2) is 48.5 Å². The maximum absolute atomic E-state index is 13.6. The van der Waals surface area contributed by atoms with Crippen LogP contribution >= 0.6 is 0 Å². The van der Waals surface area contributed by atoms with Crippen molar-refractivity contribution >= 4 is 17.6 Å². The van der Waals surface area contributed by atoms with E-state index in [4.69, 9.17) is 4.74 Å². The van der Waals surface area contributed by atoms with E-state index >= 15 is 0 Å². The van der Waals surface area contributed by atoms with E-state index in [1.807, 2.05) is 24.3 Å². The topological polar surface area (TPSA) is 95.9 Å². The van der Waals surface area contributed by atoms with Crippen molar-refractivity contribution in [3.63, 3.8) is 0 Å². The van der Waals surface area contributed by atoms with Gasteiger partial charge >= 0.3 is 0 Å². The second kappa shape index (κ2) is 9.68. The molecule has 0 radical (unpaired) electrons. The number of likely N-dealkylation sites (tertiary alicyclic amines) is 1. The van der Waals surface area contributed by atoms with Gasteiger partial charge in [-0.1, -0.05) is 57.2 Å². The first kappa shape index (κ1) is 24.1. The summed E-state index contributed by atoms with van der Waals surface area (Å²) >= 11 is 0. The van der Waals surface area contributed by atoms with E-state index in [1.54, 1.807) is 29.2 Å². The molecule has 2 amide bonds. The summed E-state index contributed by atoms with van der Waals surface area (Å²) < 4.78 is 5.53. The lowest BCUT2D eigenvalue weighted by Crippen LogP contribution is -2.53. The standard InChI is InChI=1S/C27H32N2O5/c1-27(2,3)20-10-8-19(9-11-20)25(32)28-21(14-17-4-6-18(15-30)7-5-17)26(33)29-13-12-23-24(29)22(31)16-34-23/h4-11,21,23-24,30H,12-16H2,1-3H3,(H,28,32). The van der Waals surface area contributed by atoms with Crippen molar-refractivity contribution in [1.82, 2.24) is 10.2 Å². The number of aliphatic hydroxyl groups is 1. The number of nitrogens with zero attached hydrogens (tertiary/aromatic N) is 1. The molecule has 34 heavy (non-hydrogen) atoms. The highest BCUT2D eigenvalue weighted by atomic mass is 16.5. The van der Waals surface area contributed by atoms with Crippen LogP contribution < -0.4 is 5.32 Å². The van der Waals surface area contributed by atoms with Crippen molar-refractivity contribution < 1.29 is 24.2 Å². The molecule has 0 bridgehead atoms. The van der Waals surface area contributed by atoms with Gasteiger partial charge in [0.15, 0.2) is 5.78 Å². The quantitative estimate of drug-likeness (QED) is 0.685. The molecule has 2 saturated heterocycles. The number of fused-ring (bicyclic) bond motifs is 1. The fourth-order valence-corrected chi connectivity index (χ4v) is 4.62. The lowest BCUT2D eigenvalue weighted by Gasteiger charge is -2.28. The molecule has 0 aliphatic carbocycles. The highest BCUT2D eigenvalue weighted by molar-refractivity contribution is 5.99. The molecule has 7 heteroatoms. The molecule has 3 atom stereocenters. The summed E-state index contributed by atoms with van der Waals surface area (Å²) in [4.78, 5) is 40.6.